The van der Waals surface area contributed by atoms with Gasteiger partial charge >= 0.3 is 0 Å². The third kappa shape index (κ3) is 2.83. The van der Waals surface area contributed by atoms with E-state index < -0.39 is 0 Å². The summed E-state index contributed by atoms with van der Waals surface area (Å²) in [5, 5.41) is 10.2. The van der Waals surface area contributed by atoms with Crippen molar-refractivity contribution in [1.82, 2.24) is 0 Å². The van der Waals surface area contributed by atoms with Gasteiger partial charge in [0.05, 0.1) is 6.10 Å². The van der Waals surface area contributed by atoms with E-state index in [1.807, 2.05) is 0 Å². The number of rotatable bonds is 5. The molecule has 0 heterocycles. The number of aliphatic hydroxyl groups is 1. The molecule has 1 aliphatic rings. The molecule has 0 spiro atoms. The zero-order chi connectivity index (χ0) is 11.5. The summed E-state index contributed by atoms with van der Waals surface area (Å²) in [7, 11) is 0. The summed E-state index contributed by atoms with van der Waals surface area (Å²) in [6.45, 7) is 2.60. The minimum Gasteiger partial charge on any atom is -0.392 e. The first-order valence-corrected chi connectivity index (χ1v) is 6.15. The number of hydrogen-bond donors (Lipinski definition) is 2. The molecule has 2 unspecified atom stereocenters. The zero-order valence-electron chi connectivity index (χ0n) is 9.89. The molecule has 2 nitrogen and oxygen atoms in total. The predicted octanol–water partition coefficient (Wildman–Crippen LogP) is 2.20. The van der Waals surface area contributed by atoms with Gasteiger partial charge in [0.1, 0.15) is 0 Å². The molecule has 0 saturated heterocycles. The SMILES string of the molecule is Cc1ccc(C(CN)C(O)CC2CC2)cc1. The molecule has 0 amide bonds. The molecule has 1 aromatic carbocycles. The van der Waals surface area contributed by atoms with Crippen molar-refractivity contribution in [3.63, 3.8) is 0 Å². The van der Waals surface area contributed by atoms with Crippen molar-refractivity contribution in [3.05, 3.63) is 35.4 Å². The maximum atomic E-state index is 10.2. The van der Waals surface area contributed by atoms with Crippen LogP contribution in [-0.4, -0.2) is 17.8 Å². The van der Waals surface area contributed by atoms with Crippen molar-refractivity contribution in [2.75, 3.05) is 6.54 Å². The third-order valence-corrected chi connectivity index (χ3v) is 3.50. The number of nitrogens with two attached hydrogens (primary N) is 1. The molecule has 16 heavy (non-hydrogen) atoms. The van der Waals surface area contributed by atoms with Gasteiger partial charge in [-0.15, -0.1) is 0 Å². The lowest BCUT2D eigenvalue weighted by molar-refractivity contribution is 0.129. The molecule has 0 radical (unpaired) electrons. The normalized spacial score (nSPS) is 19.4. The van der Waals surface area contributed by atoms with Gasteiger partial charge in [-0.2, -0.15) is 0 Å². The molecule has 2 rings (SSSR count). The molecule has 88 valence electrons. The lowest BCUT2D eigenvalue weighted by atomic mass is 9.90. The second-order valence-electron chi connectivity index (χ2n) is 5.00. The molecule has 0 bridgehead atoms. The Kier molecular flexibility index (Phi) is 3.62. The predicted molar refractivity (Wildman–Crippen MR) is 66.3 cm³/mol. The van der Waals surface area contributed by atoms with Crippen LogP contribution in [-0.2, 0) is 0 Å². The lowest BCUT2D eigenvalue weighted by Gasteiger charge is -2.22. The third-order valence-electron chi connectivity index (χ3n) is 3.50. The summed E-state index contributed by atoms with van der Waals surface area (Å²) in [4.78, 5) is 0. The molecule has 1 aliphatic carbocycles. The van der Waals surface area contributed by atoms with Gasteiger partial charge < -0.3 is 10.8 Å². The highest BCUT2D eigenvalue weighted by Gasteiger charge is 2.28. The lowest BCUT2D eigenvalue weighted by Crippen LogP contribution is -2.26. The van der Waals surface area contributed by atoms with E-state index in [0.29, 0.717) is 6.54 Å². The first kappa shape index (κ1) is 11.6. The smallest absolute Gasteiger partial charge is 0.0623 e. The molecule has 2 atom stereocenters. The van der Waals surface area contributed by atoms with E-state index in [1.54, 1.807) is 0 Å². The highest BCUT2D eigenvalue weighted by molar-refractivity contribution is 5.25. The Morgan fingerprint density at radius 3 is 2.44 bits per heavy atom. The van der Waals surface area contributed by atoms with Crippen molar-refractivity contribution in [1.29, 1.82) is 0 Å². The van der Waals surface area contributed by atoms with Crippen LogP contribution in [0, 0.1) is 12.8 Å². The van der Waals surface area contributed by atoms with E-state index in [9.17, 15) is 5.11 Å². The first-order chi connectivity index (χ1) is 7.70. The van der Waals surface area contributed by atoms with E-state index in [4.69, 9.17) is 5.73 Å². The van der Waals surface area contributed by atoms with Crippen molar-refractivity contribution in [3.8, 4) is 0 Å². The average molecular weight is 219 g/mol. The highest BCUT2D eigenvalue weighted by atomic mass is 16.3. The summed E-state index contributed by atoms with van der Waals surface area (Å²) in [5.41, 5.74) is 8.19. The van der Waals surface area contributed by atoms with E-state index in [1.165, 1.54) is 24.0 Å². The summed E-state index contributed by atoms with van der Waals surface area (Å²) < 4.78 is 0. The summed E-state index contributed by atoms with van der Waals surface area (Å²) in [5.74, 6) is 0.843. The molecule has 0 aliphatic heterocycles. The van der Waals surface area contributed by atoms with Gasteiger partial charge in [0.2, 0.25) is 0 Å². The first-order valence-electron chi connectivity index (χ1n) is 6.15. The van der Waals surface area contributed by atoms with Crippen molar-refractivity contribution >= 4 is 0 Å². The summed E-state index contributed by atoms with van der Waals surface area (Å²) in [6.07, 6.45) is 3.19. The van der Waals surface area contributed by atoms with E-state index in [2.05, 4.69) is 31.2 Å². The quantitative estimate of drug-likeness (QED) is 0.797. The summed E-state index contributed by atoms with van der Waals surface area (Å²) in [6, 6.07) is 8.34. The second kappa shape index (κ2) is 4.98. The fourth-order valence-corrected chi connectivity index (χ4v) is 2.19. The van der Waals surface area contributed by atoms with Gasteiger partial charge in [-0.05, 0) is 24.8 Å². The van der Waals surface area contributed by atoms with E-state index >= 15 is 0 Å². The molecule has 0 aromatic heterocycles. The van der Waals surface area contributed by atoms with Crippen LogP contribution in [0.15, 0.2) is 24.3 Å². The van der Waals surface area contributed by atoms with Crippen LogP contribution in [0.3, 0.4) is 0 Å². The number of hydrogen-bond acceptors (Lipinski definition) is 2. The standard InChI is InChI=1S/C14H21NO/c1-10-2-6-12(7-3-10)13(9-15)14(16)8-11-4-5-11/h2-3,6-7,11,13-14,16H,4-5,8-9,15H2,1H3. The largest absolute Gasteiger partial charge is 0.392 e. The zero-order valence-corrected chi connectivity index (χ0v) is 9.89. The Bertz CT molecular complexity index is 329. The van der Waals surface area contributed by atoms with Crippen molar-refractivity contribution in [2.45, 2.75) is 38.2 Å². The van der Waals surface area contributed by atoms with Crippen LogP contribution in [0.2, 0.25) is 0 Å². The molecule has 2 heteroatoms. The van der Waals surface area contributed by atoms with Crippen LogP contribution in [0.4, 0.5) is 0 Å². The van der Waals surface area contributed by atoms with Crippen LogP contribution in [0.25, 0.3) is 0 Å². The van der Waals surface area contributed by atoms with Gasteiger partial charge in [0, 0.05) is 12.5 Å². The summed E-state index contributed by atoms with van der Waals surface area (Å²) >= 11 is 0. The van der Waals surface area contributed by atoms with Gasteiger partial charge in [-0.25, -0.2) is 0 Å². The maximum Gasteiger partial charge on any atom is 0.0623 e. The Hall–Kier alpha value is -0.860. The van der Waals surface area contributed by atoms with Crippen LogP contribution in [0.5, 0.6) is 0 Å². The van der Waals surface area contributed by atoms with E-state index in [0.717, 1.165) is 12.3 Å². The Labute approximate surface area is 97.5 Å². The van der Waals surface area contributed by atoms with Gasteiger partial charge in [0.15, 0.2) is 0 Å². The maximum absolute atomic E-state index is 10.2. The fourth-order valence-electron chi connectivity index (χ4n) is 2.19. The van der Waals surface area contributed by atoms with Crippen LogP contribution in [0.1, 0.15) is 36.3 Å². The Morgan fingerprint density at radius 2 is 1.94 bits per heavy atom. The number of aliphatic hydroxyl groups excluding tert-OH is 1. The Morgan fingerprint density at radius 1 is 1.31 bits per heavy atom. The highest BCUT2D eigenvalue weighted by Crippen LogP contribution is 2.36. The minimum atomic E-state index is -0.278. The molecule has 1 fully saturated rings. The van der Waals surface area contributed by atoms with Crippen LogP contribution >= 0.6 is 0 Å². The van der Waals surface area contributed by atoms with E-state index in [-0.39, 0.29) is 12.0 Å². The topological polar surface area (TPSA) is 46.2 Å². The number of aryl methyl sites for hydroxylation is 1. The molecule has 1 aromatic rings. The molecular weight excluding hydrogens is 198 g/mol. The van der Waals surface area contributed by atoms with Crippen LogP contribution < -0.4 is 5.73 Å². The molecular formula is C14H21NO. The Balaban J connectivity index is 2.04. The van der Waals surface area contributed by atoms with Crippen molar-refractivity contribution < 1.29 is 5.11 Å². The monoisotopic (exact) mass is 219 g/mol. The van der Waals surface area contributed by atoms with Gasteiger partial charge in [-0.1, -0.05) is 42.7 Å². The minimum absolute atomic E-state index is 0.0983. The molecule has 3 N–H and O–H groups in total. The molecule has 1 saturated carbocycles. The van der Waals surface area contributed by atoms with Crippen molar-refractivity contribution in [2.24, 2.45) is 11.7 Å². The van der Waals surface area contributed by atoms with Gasteiger partial charge in [-0.3, -0.25) is 0 Å². The van der Waals surface area contributed by atoms with Gasteiger partial charge in [0.25, 0.3) is 0 Å². The second-order valence-corrected chi connectivity index (χ2v) is 5.00. The average Bonchev–Trinajstić information content (AvgIpc) is 3.06. The number of benzene rings is 1. The fraction of sp³-hybridized carbons (Fsp3) is 0.571.